The average molecular weight is 260 g/mol. The summed E-state index contributed by atoms with van der Waals surface area (Å²) in [5.41, 5.74) is 4.58. The van der Waals surface area contributed by atoms with Crippen LogP contribution in [-0.2, 0) is 5.41 Å². The van der Waals surface area contributed by atoms with Crippen LogP contribution in [0.1, 0.15) is 30.4 Å². The number of rotatable bonds is 1. The van der Waals surface area contributed by atoms with E-state index in [1.165, 1.54) is 36.1 Å². The van der Waals surface area contributed by atoms with Gasteiger partial charge in [0, 0.05) is 25.6 Å². The van der Waals surface area contributed by atoms with Crippen LogP contribution in [0.2, 0.25) is 0 Å². The van der Waals surface area contributed by atoms with Gasteiger partial charge in [0.15, 0.2) is 0 Å². The minimum absolute atomic E-state index is 0.318. The first-order valence-corrected chi connectivity index (χ1v) is 7.28. The Morgan fingerprint density at radius 2 is 2.16 bits per heavy atom. The predicted octanol–water partition coefficient (Wildman–Crippen LogP) is 2.46. The highest BCUT2D eigenvalue weighted by atomic mass is 16.5. The first-order valence-electron chi connectivity index (χ1n) is 7.28. The molecule has 1 saturated heterocycles. The minimum Gasteiger partial charge on any atom is -0.495 e. The van der Waals surface area contributed by atoms with Gasteiger partial charge < -0.3 is 15.0 Å². The van der Waals surface area contributed by atoms with Crippen LogP contribution in [0.3, 0.4) is 0 Å². The van der Waals surface area contributed by atoms with Crippen LogP contribution in [0.15, 0.2) is 12.1 Å². The van der Waals surface area contributed by atoms with Gasteiger partial charge in [-0.15, -0.1) is 0 Å². The lowest BCUT2D eigenvalue weighted by Crippen LogP contribution is -2.30. The number of anilines is 1. The molecule has 0 saturated carbocycles. The molecule has 0 aromatic heterocycles. The van der Waals surface area contributed by atoms with Gasteiger partial charge in [0.2, 0.25) is 0 Å². The van der Waals surface area contributed by atoms with Crippen molar-refractivity contribution in [3.05, 3.63) is 23.3 Å². The summed E-state index contributed by atoms with van der Waals surface area (Å²) in [4.78, 5) is 2.38. The molecule has 3 nitrogen and oxygen atoms in total. The molecule has 1 aromatic rings. The highest BCUT2D eigenvalue weighted by molar-refractivity contribution is 5.69. The van der Waals surface area contributed by atoms with E-state index in [2.05, 4.69) is 36.3 Å². The predicted molar refractivity (Wildman–Crippen MR) is 79.4 cm³/mol. The van der Waals surface area contributed by atoms with Crippen LogP contribution in [0.5, 0.6) is 5.75 Å². The van der Waals surface area contributed by atoms with E-state index in [0.717, 1.165) is 25.4 Å². The highest BCUT2D eigenvalue weighted by Gasteiger charge is 2.41. The minimum atomic E-state index is 0.318. The number of hydrogen-bond acceptors (Lipinski definition) is 3. The molecule has 0 bridgehead atoms. The Morgan fingerprint density at radius 3 is 2.84 bits per heavy atom. The van der Waals surface area contributed by atoms with Gasteiger partial charge in [0.25, 0.3) is 0 Å². The van der Waals surface area contributed by atoms with Gasteiger partial charge in [-0.25, -0.2) is 0 Å². The summed E-state index contributed by atoms with van der Waals surface area (Å²) in [7, 11) is 3.98. The van der Waals surface area contributed by atoms with Crippen LogP contribution in [0, 0.1) is 6.92 Å². The van der Waals surface area contributed by atoms with Crippen molar-refractivity contribution in [2.45, 2.75) is 31.6 Å². The van der Waals surface area contributed by atoms with E-state index in [-0.39, 0.29) is 0 Å². The Kier molecular flexibility index (Phi) is 3.17. The molecule has 3 rings (SSSR count). The Hall–Kier alpha value is -1.22. The smallest absolute Gasteiger partial charge is 0.142 e. The Labute approximate surface area is 115 Å². The lowest BCUT2D eigenvalue weighted by atomic mass is 9.74. The van der Waals surface area contributed by atoms with Gasteiger partial charge in [0.05, 0.1) is 12.8 Å². The van der Waals surface area contributed by atoms with Crippen LogP contribution in [0.4, 0.5) is 5.69 Å². The second kappa shape index (κ2) is 4.71. The van der Waals surface area contributed by atoms with Crippen molar-refractivity contribution >= 4 is 5.69 Å². The molecule has 104 valence electrons. The lowest BCUT2D eigenvalue weighted by molar-refractivity contribution is 0.409. The first kappa shape index (κ1) is 12.8. The van der Waals surface area contributed by atoms with Gasteiger partial charge in [0.1, 0.15) is 5.75 Å². The van der Waals surface area contributed by atoms with Gasteiger partial charge >= 0.3 is 0 Å². The molecule has 1 N–H and O–H groups in total. The third-order valence-electron chi connectivity index (χ3n) is 4.87. The number of hydrogen-bond donors (Lipinski definition) is 1. The standard InChI is InChI=1S/C16H24N2O/c1-12-5-6-13(19-3)15-14(12)16(8-9-17-11-16)7-4-10-18(15)2/h5-6,17H,4,7-11H2,1-3H3. The second-order valence-corrected chi connectivity index (χ2v) is 6.04. The number of ether oxygens (including phenoxy) is 1. The van der Waals surface area contributed by atoms with Crippen molar-refractivity contribution < 1.29 is 4.74 Å². The largest absolute Gasteiger partial charge is 0.495 e. The number of aryl methyl sites for hydroxylation is 1. The zero-order valence-corrected chi connectivity index (χ0v) is 12.3. The molecule has 1 unspecified atom stereocenters. The molecular weight excluding hydrogens is 236 g/mol. The summed E-state index contributed by atoms with van der Waals surface area (Å²) in [6.45, 7) is 5.62. The summed E-state index contributed by atoms with van der Waals surface area (Å²) < 4.78 is 5.63. The molecule has 0 aliphatic carbocycles. The molecule has 0 amide bonds. The summed E-state index contributed by atoms with van der Waals surface area (Å²) in [5.74, 6) is 1.02. The fraction of sp³-hybridized carbons (Fsp3) is 0.625. The third-order valence-corrected chi connectivity index (χ3v) is 4.87. The maximum absolute atomic E-state index is 5.63. The van der Waals surface area contributed by atoms with Crippen molar-refractivity contribution in [2.75, 3.05) is 38.7 Å². The molecular formula is C16H24N2O. The van der Waals surface area contributed by atoms with E-state index in [1.807, 2.05) is 0 Å². The van der Waals surface area contributed by atoms with Crippen LogP contribution in [0.25, 0.3) is 0 Å². The Balaban J connectivity index is 2.24. The molecule has 3 heteroatoms. The van der Waals surface area contributed by atoms with E-state index < -0.39 is 0 Å². The van der Waals surface area contributed by atoms with Gasteiger partial charge in [-0.3, -0.25) is 0 Å². The highest BCUT2D eigenvalue weighted by Crippen LogP contribution is 2.47. The van der Waals surface area contributed by atoms with E-state index in [0.29, 0.717) is 5.41 Å². The van der Waals surface area contributed by atoms with Crippen LogP contribution in [-0.4, -0.2) is 33.8 Å². The second-order valence-electron chi connectivity index (χ2n) is 6.04. The zero-order valence-electron chi connectivity index (χ0n) is 12.3. The van der Waals surface area contributed by atoms with E-state index in [1.54, 1.807) is 7.11 Å². The molecule has 0 radical (unpaired) electrons. The number of methoxy groups -OCH3 is 1. The molecule has 1 atom stereocenters. The molecule has 2 aliphatic heterocycles. The lowest BCUT2D eigenvalue weighted by Gasteiger charge is -2.32. The summed E-state index contributed by atoms with van der Waals surface area (Å²) in [5, 5.41) is 3.57. The summed E-state index contributed by atoms with van der Waals surface area (Å²) >= 11 is 0. The number of nitrogens with one attached hydrogen (secondary N) is 1. The normalized spacial score (nSPS) is 26.4. The number of benzene rings is 1. The summed E-state index contributed by atoms with van der Waals surface area (Å²) in [6.07, 6.45) is 3.79. The average Bonchev–Trinajstić information content (AvgIpc) is 2.81. The Morgan fingerprint density at radius 1 is 1.32 bits per heavy atom. The van der Waals surface area contributed by atoms with E-state index >= 15 is 0 Å². The molecule has 2 aliphatic rings. The van der Waals surface area contributed by atoms with E-state index in [4.69, 9.17) is 4.74 Å². The van der Waals surface area contributed by atoms with Crippen molar-refractivity contribution in [1.82, 2.24) is 5.32 Å². The fourth-order valence-electron chi connectivity index (χ4n) is 3.95. The SMILES string of the molecule is COc1ccc(C)c2c1N(C)CCCC21CCNC1. The van der Waals surface area contributed by atoms with Crippen molar-refractivity contribution in [1.29, 1.82) is 0 Å². The van der Waals surface area contributed by atoms with Crippen LogP contribution >= 0.6 is 0 Å². The van der Waals surface area contributed by atoms with Gasteiger partial charge in [-0.05, 0) is 49.9 Å². The Bertz CT molecular complexity index is 478. The molecule has 1 fully saturated rings. The van der Waals surface area contributed by atoms with Gasteiger partial charge in [-0.1, -0.05) is 6.07 Å². The van der Waals surface area contributed by atoms with Gasteiger partial charge in [-0.2, -0.15) is 0 Å². The third kappa shape index (κ3) is 1.91. The zero-order chi connectivity index (χ0) is 13.5. The van der Waals surface area contributed by atoms with Crippen molar-refractivity contribution in [3.63, 3.8) is 0 Å². The first-order chi connectivity index (χ1) is 9.18. The molecule has 1 aromatic carbocycles. The topological polar surface area (TPSA) is 24.5 Å². The van der Waals surface area contributed by atoms with Crippen LogP contribution < -0.4 is 15.0 Å². The van der Waals surface area contributed by atoms with Crippen molar-refractivity contribution in [2.24, 2.45) is 0 Å². The fourth-order valence-corrected chi connectivity index (χ4v) is 3.95. The molecule has 1 spiro atoms. The van der Waals surface area contributed by atoms with Crippen molar-refractivity contribution in [3.8, 4) is 5.75 Å². The maximum atomic E-state index is 5.63. The maximum Gasteiger partial charge on any atom is 0.142 e. The molecule has 19 heavy (non-hydrogen) atoms. The quantitative estimate of drug-likeness (QED) is 0.839. The summed E-state index contributed by atoms with van der Waals surface area (Å²) in [6, 6.07) is 4.34. The number of fused-ring (bicyclic) bond motifs is 2. The molecule has 2 heterocycles. The van der Waals surface area contributed by atoms with E-state index in [9.17, 15) is 0 Å². The monoisotopic (exact) mass is 260 g/mol. The number of nitrogens with zero attached hydrogens (tertiary/aromatic N) is 1.